The van der Waals surface area contributed by atoms with Crippen molar-refractivity contribution in [1.82, 2.24) is 5.32 Å². The van der Waals surface area contributed by atoms with Crippen molar-refractivity contribution in [1.29, 1.82) is 5.26 Å². The lowest BCUT2D eigenvalue weighted by Gasteiger charge is -2.11. The van der Waals surface area contributed by atoms with Crippen LogP contribution < -0.4 is 10.1 Å². The summed E-state index contributed by atoms with van der Waals surface area (Å²) in [6, 6.07) is 7.96. The van der Waals surface area contributed by atoms with Crippen LogP contribution in [0.1, 0.15) is 12.5 Å². The molecule has 0 aliphatic rings. The zero-order chi connectivity index (χ0) is 13.4. The highest BCUT2D eigenvalue weighted by Crippen LogP contribution is 2.23. The molecule has 0 aliphatic carbocycles. The van der Waals surface area contributed by atoms with Crippen LogP contribution in [0.5, 0.6) is 5.75 Å². The SMILES string of the molecule is C#CCOc1ccc(Br)cc1CNCC(C)C#N. The molecule has 1 aromatic carbocycles. The van der Waals surface area contributed by atoms with Crippen LogP contribution in [0.4, 0.5) is 0 Å². The van der Waals surface area contributed by atoms with Gasteiger partial charge in [0.05, 0.1) is 12.0 Å². The zero-order valence-corrected chi connectivity index (χ0v) is 11.8. The average molecular weight is 307 g/mol. The molecule has 4 heteroatoms. The molecule has 0 fully saturated rings. The standard InChI is InChI=1S/C14H15BrN2O/c1-3-6-18-14-5-4-13(15)7-12(14)10-17-9-11(2)8-16/h1,4-5,7,11,17H,6,9-10H2,2H3. The molecule has 94 valence electrons. The molecule has 18 heavy (non-hydrogen) atoms. The number of nitrogens with zero attached hydrogens (tertiary/aromatic N) is 1. The summed E-state index contributed by atoms with van der Waals surface area (Å²) in [4.78, 5) is 0. The molecule has 0 saturated carbocycles. The van der Waals surface area contributed by atoms with Gasteiger partial charge in [0, 0.05) is 23.1 Å². The maximum Gasteiger partial charge on any atom is 0.148 e. The van der Waals surface area contributed by atoms with Crippen molar-refractivity contribution in [3.05, 3.63) is 28.2 Å². The van der Waals surface area contributed by atoms with Crippen LogP contribution in [-0.2, 0) is 6.54 Å². The van der Waals surface area contributed by atoms with E-state index in [-0.39, 0.29) is 12.5 Å². The number of nitrogens with one attached hydrogen (secondary N) is 1. The van der Waals surface area contributed by atoms with Crippen LogP contribution in [-0.4, -0.2) is 13.2 Å². The number of hydrogen-bond acceptors (Lipinski definition) is 3. The monoisotopic (exact) mass is 306 g/mol. The minimum absolute atomic E-state index is 0.00719. The minimum atomic E-state index is -0.00719. The number of halogens is 1. The molecule has 0 aliphatic heterocycles. The van der Waals surface area contributed by atoms with Gasteiger partial charge in [-0.25, -0.2) is 0 Å². The van der Waals surface area contributed by atoms with E-state index in [0.717, 1.165) is 15.8 Å². The Hall–Kier alpha value is -1.49. The molecule has 1 atom stereocenters. The quantitative estimate of drug-likeness (QED) is 0.822. The molecule has 0 saturated heterocycles. The van der Waals surface area contributed by atoms with Crippen molar-refractivity contribution >= 4 is 15.9 Å². The Morgan fingerprint density at radius 1 is 1.56 bits per heavy atom. The molecule has 1 aromatic rings. The number of ether oxygens (including phenoxy) is 1. The second-order valence-corrected chi connectivity index (χ2v) is 4.82. The van der Waals surface area contributed by atoms with E-state index in [1.165, 1.54) is 0 Å². The molecule has 0 radical (unpaired) electrons. The Morgan fingerprint density at radius 2 is 2.33 bits per heavy atom. The van der Waals surface area contributed by atoms with Crippen LogP contribution in [0, 0.1) is 29.6 Å². The van der Waals surface area contributed by atoms with Crippen LogP contribution in [0.2, 0.25) is 0 Å². The van der Waals surface area contributed by atoms with Crippen molar-refractivity contribution in [2.24, 2.45) is 5.92 Å². The molecule has 0 aromatic heterocycles. The third-order valence-electron chi connectivity index (χ3n) is 2.32. The Bertz CT molecular complexity index is 474. The Kier molecular flexibility index (Phi) is 6.28. The third-order valence-corrected chi connectivity index (χ3v) is 2.81. The first-order chi connectivity index (χ1) is 8.67. The lowest BCUT2D eigenvalue weighted by atomic mass is 10.1. The maximum absolute atomic E-state index is 8.70. The highest BCUT2D eigenvalue weighted by molar-refractivity contribution is 9.10. The number of terminal acetylenes is 1. The van der Waals surface area contributed by atoms with Gasteiger partial charge in [0.15, 0.2) is 0 Å². The zero-order valence-electron chi connectivity index (χ0n) is 10.2. The van der Waals surface area contributed by atoms with Gasteiger partial charge in [-0.3, -0.25) is 0 Å². The molecule has 1 rings (SSSR count). The van der Waals surface area contributed by atoms with Crippen molar-refractivity contribution in [2.75, 3.05) is 13.2 Å². The van der Waals surface area contributed by atoms with E-state index >= 15 is 0 Å². The second kappa shape index (κ2) is 7.76. The van der Waals surface area contributed by atoms with Crippen LogP contribution in [0.15, 0.2) is 22.7 Å². The van der Waals surface area contributed by atoms with Gasteiger partial charge in [-0.15, -0.1) is 6.42 Å². The van der Waals surface area contributed by atoms with Gasteiger partial charge in [-0.1, -0.05) is 21.9 Å². The summed E-state index contributed by atoms with van der Waals surface area (Å²) >= 11 is 3.42. The predicted molar refractivity (Wildman–Crippen MR) is 75.0 cm³/mol. The fourth-order valence-electron chi connectivity index (χ4n) is 1.42. The number of rotatable bonds is 6. The van der Waals surface area contributed by atoms with Crippen LogP contribution in [0.3, 0.4) is 0 Å². The van der Waals surface area contributed by atoms with Gasteiger partial charge in [0.1, 0.15) is 12.4 Å². The van der Waals surface area contributed by atoms with Crippen molar-refractivity contribution < 1.29 is 4.74 Å². The first-order valence-electron chi connectivity index (χ1n) is 5.62. The summed E-state index contributed by atoms with van der Waals surface area (Å²) in [5.41, 5.74) is 1.02. The fourth-order valence-corrected chi connectivity index (χ4v) is 1.82. The molecule has 0 bridgehead atoms. The van der Waals surface area contributed by atoms with E-state index < -0.39 is 0 Å². The summed E-state index contributed by atoms with van der Waals surface area (Å²) in [6.45, 7) is 3.43. The van der Waals surface area contributed by atoms with Crippen molar-refractivity contribution in [2.45, 2.75) is 13.5 Å². The van der Waals surface area contributed by atoms with Gasteiger partial charge in [-0.2, -0.15) is 5.26 Å². The highest BCUT2D eigenvalue weighted by Gasteiger charge is 2.05. The first-order valence-corrected chi connectivity index (χ1v) is 6.41. The predicted octanol–water partition coefficient (Wildman–Crippen LogP) is 2.71. The lowest BCUT2D eigenvalue weighted by molar-refractivity contribution is 0.364. The Labute approximate surface area is 116 Å². The smallest absolute Gasteiger partial charge is 0.148 e. The van der Waals surface area contributed by atoms with E-state index in [1.807, 2.05) is 25.1 Å². The number of hydrogen-bond donors (Lipinski definition) is 1. The molecule has 0 spiro atoms. The fraction of sp³-hybridized carbons (Fsp3) is 0.357. The van der Waals surface area contributed by atoms with Gasteiger partial charge in [-0.05, 0) is 25.1 Å². The second-order valence-electron chi connectivity index (χ2n) is 3.91. The van der Waals surface area contributed by atoms with E-state index in [9.17, 15) is 0 Å². The number of benzene rings is 1. The normalized spacial score (nSPS) is 11.3. The van der Waals surface area contributed by atoms with Gasteiger partial charge in [0.2, 0.25) is 0 Å². The van der Waals surface area contributed by atoms with E-state index in [1.54, 1.807) is 0 Å². The first kappa shape index (κ1) is 14.6. The van der Waals surface area contributed by atoms with E-state index in [2.05, 4.69) is 33.2 Å². The molecular formula is C14H15BrN2O. The summed E-state index contributed by atoms with van der Waals surface area (Å²) in [5, 5.41) is 11.9. The Balaban J connectivity index is 2.65. The molecule has 1 N–H and O–H groups in total. The molecule has 1 unspecified atom stereocenters. The maximum atomic E-state index is 8.70. The topological polar surface area (TPSA) is 45.0 Å². The summed E-state index contributed by atoms with van der Waals surface area (Å²) < 4.78 is 6.45. The summed E-state index contributed by atoms with van der Waals surface area (Å²) in [5.74, 6) is 3.21. The third kappa shape index (κ3) is 4.79. The van der Waals surface area contributed by atoms with Gasteiger partial charge >= 0.3 is 0 Å². The van der Waals surface area contributed by atoms with Gasteiger partial charge < -0.3 is 10.1 Å². The molecule has 0 amide bonds. The summed E-state index contributed by atoms with van der Waals surface area (Å²) in [6.07, 6.45) is 5.18. The molecule has 3 nitrogen and oxygen atoms in total. The minimum Gasteiger partial charge on any atom is -0.481 e. The number of nitriles is 1. The summed E-state index contributed by atoms with van der Waals surface area (Å²) in [7, 11) is 0. The highest BCUT2D eigenvalue weighted by atomic mass is 79.9. The van der Waals surface area contributed by atoms with E-state index in [4.69, 9.17) is 16.4 Å². The van der Waals surface area contributed by atoms with Crippen molar-refractivity contribution in [3.8, 4) is 24.2 Å². The Morgan fingerprint density at radius 3 is 3.00 bits per heavy atom. The van der Waals surface area contributed by atoms with Crippen LogP contribution >= 0.6 is 15.9 Å². The lowest BCUT2D eigenvalue weighted by Crippen LogP contribution is -2.20. The van der Waals surface area contributed by atoms with Gasteiger partial charge in [0.25, 0.3) is 0 Å². The van der Waals surface area contributed by atoms with E-state index in [0.29, 0.717) is 13.1 Å². The molecular weight excluding hydrogens is 292 g/mol. The molecule has 0 heterocycles. The van der Waals surface area contributed by atoms with Crippen molar-refractivity contribution in [3.63, 3.8) is 0 Å². The van der Waals surface area contributed by atoms with Crippen LogP contribution in [0.25, 0.3) is 0 Å². The average Bonchev–Trinajstić information content (AvgIpc) is 2.37. The largest absolute Gasteiger partial charge is 0.481 e.